The van der Waals surface area contributed by atoms with E-state index >= 15 is 0 Å². The van der Waals surface area contributed by atoms with Crippen LogP contribution in [0.5, 0.6) is 0 Å². The Bertz CT molecular complexity index is 1080. The second kappa shape index (κ2) is 10.5. The molecule has 4 rings (SSSR count). The van der Waals surface area contributed by atoms with Crippen molar-refractivity contribution in [2.24, 2.45) is 11.1 Å². The molecule has 2 N–H and O–H groups in total. The van der Waals surface area contributed by atoms with Crippen LogP contribution >= 0.6 is 0 Å². The molecule has 0 unspecified atom stereocenters. The molecule has 1 aromatic heterocycles. The molecule has 168 valence electrons. The van der Waals surface area contributed by atoms with Gasteiger partial charge in [0.05, 0.1) is 11.6 Å². The predicted molar refractivity (Wildman–Crippen MR) is 126 cm³/mol. The predicted octanol–water partition coefficient (Wildman–Crippen LogP) is 6.38. The Balaban J connectivity index is 1.36. The van der Waals surface area contributed by atoms with Gasteiger partial charge in [-0.1, -0.05) is 60.5 Å². The number of aliphatic carboxylic acids is 1. The van der Waals surface area contributed by atoms with Gasteiger partial charge in [-0.25, -0.2) is 0 Å². The minimum absolute atomic E-state index is 0.205. The number of unbranched alkanes of at least 4 members (excludes halogenated alkanes) is 2. The first-order valence-electron chi connectivity index (χ1n) is 11.7. The number of carboxylic acid groups (broad SMARTS) is 1. The van der Waals surface area contributed by atoms with Gasteiger partial charge in [-0.3, -0.25) is 4.79 Å². The Labute approximate surface area is 188 Å². The number of benzene rings is 2. The van der Waals surface area contributed by atoms with Gasteiger partial charge in [0.2, 0.25) is 0 Å². The average molecular weight is 434 g/mol. The molecule has 1 aliphatic rings. The molecule has 0 aliphatic heterocycles. The van der Waals surface area contributed by atoms with Gasteiger partial charge < -0.3 is 14.7 Å². The van der Waals surface area contributed by atoms with Crippen LogP contribution < -0.4 is 0 Å². The molecule has 5 heteroatoms. The van der Waals surface area contributed by atoms with E-state index in [-0.39, 0.29) is 6.42 Å². The Morgan fingerprint density at radius 3 is 2.62 bits per heavy atom. The van der Waals surface area contributed by atoms with E-state index in [2.05, 4.69) is 17.3 Å². The first-order chi connectivity index (χ1) is 15.7. The maximum Gasteiger partial charge on any atom is 0.306 e. The quantitative estimate of drug-likeness (QED) is 0.168. The molecular weight excluding hydrogens is 402 g/mol. The summed E-state index contributed by atoms with van der Waals surface area (Å²) in [5.41, 5.74) is 4.52. The number of carbonyl (C=O) groups is 1. The highest BCUT2D eigenvalue weighted by molar-refractivity contribution is 6.04. The van der Waals surface area contributed by atoms with E-state index in [4.69, 9.17) is 4.42 Å². The fourth-order valence-corrected chi connectivity index (χ4v) is 4.75. The van der Waals surface area contributed by atoms with Crippen LogP contribution in [0.1, 0.15) is 67.4 Å². The van der Waals surface area contributed by atoms with Gasteiger partial charge in [-0.15, -0.1) is 0 Å². The summed E-state index contributed by atoms with van der Waals surface area (Å²) in [6, 6.07) is 16.2. The Morgan fingerprint density at radius 1 is 1.03 bits per heavy atom. The van der Waals surface area contributed by atoms with E-state index in [9.17, 15) is 15.1 Å². The van der Waals surface area contributed by atoms with Gasteiger partial charge >= 0.3 is 5.97 Å². The van der Waals surface area contributed by atoms with Crippen molar-refractivity contribution in [3.8, 4) is 0 Å². The maximum atomic E-state index is 11.9. The van der Waals surface area contributed by atoms with Crippen molar-refractivity contribution in [3.63, 3.8) is 0 Å². The summed E-state index contributed by atoms with van der Waals surface area (Å²) in [6.45, 7) is 0. The molecule has 32 heavy (non-hydrogen) atoms. The number of hydrogen-bond donors (Lipinski definition) is 2. The fraction of sp³-hybridized carbons (Fsp3) is 0.407. The standard InChI is InChI=1S/C27H31NO4/c29-27(30)21(12-6-2-5-11-19-9-3-1-4-10-19)17-24(28-31)20-15-16-23-22-13-7-8-14-25(22)32-26(23)18-20/h1,3-4,9-10,15-16,18,21,31H,2,5-8,11-14,17H2,(H,29,30)/t21-/m1/s1. The maximum absolute atomic E-state index is 11.9. The molecule has 1 atom stereocenters. The molecule has 1 aliphatic carbocycles. The monoisotopic (exact) mass is 433 g/mol. The van der Waals surface area contributed by atoms with Crippen molar-refractivity contribution in [1.29, 1.82) is 0 Å². The van der Waals surface area contributed by atoms with Crippen LogP contribution in [0.15, 0.2) is 58.1 Å². The lowest BCUT2D eigenvalue weighted by molar-refractivity contribution is -0.141. The van der Waals surface area contributed by atoms with Crippen LogP contribution in [0.2, 0.25) is 0 Å². The minimum Gasteiger partial charge on any atom is -0.481 e. The Morgan fingerprint density at radius 2 is 1.84 bits per heavy atom. The van der Waals surface area contributed by atoms with Gasteiger partial charge in [0, 0.05) is 29.4 Å². The number of furan rings is 1. The van der Waals surface area contributed by atoms with Crippen molar-refractivity contribution >= 4 is 22.7 Å². The number of hydrogen-bond acceptors (Lipinski definition) is 4. The smallest absolute Gasteiger partial charge is 0.306 e. The summed E-state index contributed by atoms with van der Waals surface area (Å²) in [6.07, 6.45) is 8.97. The summed E-state index contributed by atoms with van der Waals surface area (Å²) in [5, 5.41) is 24.0. The number of carboxylic acids is 1. The van der Waals surface area contributed by atoms with Crippen molar-refractivity contribution in [1.82, 2.24) is 0 Å². The van der Waals surface area contributed by atoms with Gasteiger partial charge in [0.1, 0.15) is 11.3 Å². The molecule has 3 aromatic rings. The molecule has 0 spiro atoms. The SMILES string of the molecule is O=C(O)[C@H](CCCCCc1ccccc1)CC(=NO)c1ccc2c3c(oc2c1)CCCC3. The summed E-state index contributed by atoms with van der Waals surface area (Å²) in [5.74, 6) is -0.355. The van der Waals surface area contributed by atoms with Crippen molar-refractivity contribution in [2.45, 2.75) is 64.2 Å². The number of fused-ring (bicyclic) bond motifs is 3. The van der Waals surface area contributed by atoms with Crippen LogP contribution in [0.4, 0.5) is 0 Å². The molecule has 0 saturated carbocycles. The molecule has 2 aromatic carbocycles. The van der Waals surface area contributed by atoms with Crippen molar-refractivity contribution < 1.29 is 19.5 Å². The first kappa shape index (κ1) is 22.1. The Hall–Kier alpha value is -3.08. The molecule has 0 radical (unpaired) electrons. The van der Waals surface area contributed by atoms with Crippen LogP contribution in [0, 0.1) is 5.92 Å². The number of rotatable bonds is 10. The molecule has 0 saturated heterocycles. The van der Waals surface area contributed by atoms with Crippen molar-refractivity contribution in [3.05, 3.63) is 71.0 Å². The lowest BCUT2D eigenvalue weighted by Gasteiger charge is -2.13. The van der Waals surface area contributed by atoms with Crippen LogP contribution in [0.25, 0.3) is 11.0 Å². The molecule has 5 nitrogen and oxygen atoms in total. The number of aryl methyl sites for hydroxylation is 3. The fourth-order valence-electron chi connectivity index (χ4n) is 4.75. The van der Waals surface area contributed by atoms with E-state index in [0.29, 0.717) is 12.1 Å². The average Bonchev–Trinajstić information content (AvgIpc) is 3.19. The normalized spacial score (nSPS) is 14.9. The van der Waals surface area contributed by atoms with Crippen LogP contribution in [-0.4, -0.2) is 22.0 Å². The second-order valence-electron chi connectivity index (χ2n) is 8.79. The lowest BCUT2D eigenvalue weighted by Crippen LogP contribution is -2.19. The topological polar surface area (TPSA) is 83.0 Å². The highest BCUT2D eigenvalue weighted by Gasteiger charge is 2.23. The van der Waals surface area contributed by atoms with Crippen LogP contribution in [0.3, 0.4) is 0 Å². The largest absolute Gasteiger partial charge is 0.481 e. The molecular formula is C27H31NO4. The van der Waals surface area contributed by atoms with E-state index in [0.717, 1.165) is 67.2 Å². The minimum atomic E-state index is -0.844. The molecule has 0 fully saturated rings. The van der Waals surface area contributed by atoms with Crippen LogP contribution in [-0.2, 0) is 24.1 Å². The molecule has 0 bridgehead atoms. The van der Waals surface area contributed by atoms with Gasteiger partial charge in [-0.05, 0) is 50.2 Å². The summed E-state index contributed by atoms with van der Waals surface area (Å²) in [7, 11) is 0. The van der Waals surface area contributed by atoms with Gasteiger partial charge in [-0.2, -0.15) is 0 Å². The zero-order valence-electron chi connectivity index (χ0n) is 18.4. The molecule has 1 heterocycles. The summed E-state index contributed by atoms with van der Waals surface area (Å²) < 4.78 is 6.05. The van der Waals surface area contributed by atoms with Gasteiger partial charge in [0.15, 0.2) is 0 Å². The molecule has 0 amide bonds. The van der Waals surface area contributed by atoms with E-state index in [1.54, 1.807) is 0 Å². The van der Waals surface area contributed by atoms with E-state index in [1.807, 2.05) is 36.4 Å². The summed E-state index contributed by atoms with van der Waals surface area (Å²) >= 11 is 0. The highest BCUT2D eigenvalue weighted by Crippen LogP contribution is 2.33. The first-order valence-corrected chi connectivity index (χ1v) is 11.7. The lowest BCUT2D eigenvalue weighted by atomic mass is 9.91. The van der Waals surface area contributed by atoms with Crippen molar-refractivity contribution in [2.75, 3.05) is 0 Å². The third-order valence-corrected chi connectivity index (χ3v) is 6.56. The van der Waals surface area contributed by atoms with E-state index in [1.165, 1.54) is 17.5 Å². The Kier molecular flexibility index (Phi) is 7.25. The summed E-state index contributed by atoms with van der Waals surface area (Å²) in [4.78, 5) is 11.9. The van der Waals surface area contributed by atoms with E-state index < -0.39 is 11.9 Å². The highest BCUT2D eigenvalue weighted by atomic mass is 16.4. The third-order valence-electron chi connectivity index (χ3n) is 6.56. The zero-order chi connectivity index (χ0) is 22.3. The zero-order valence-corrected chi connectivity index (χ0v) is 18.4. The number of nitrogens with zero attached hydrogens (tertiary/aromatic N) is 1. The second-order valence-corrected chi connectivity index (χ2v) is 8.79. The third kappa shape index (κ3) is 5.21. The van der Waals surface area contributed by atoms with Gasteiger partial charge in [0.25, 0.3) is 0 Å². The number of oxime groups is 1.